The second-order valence-corrected chi connectivity index (χ2v) is 4.86. The van der Waals surface area contributed by atoms with Gasteiger partial charge in [-0.3, -0.25) is 0 Å². The molecule has 0 heterocycles. The summed E-state index contributed by atoms with van der Waals surface area (Å²) >= 11 is 3.03. The average Bonchev–Trinajstić information content (AvgIpc) is 2.81. The zero-order valence-corrected chi connectivity index (χ0v) is 9.69. The summed E-state index contributed by atoms with van der Waals surface area (Å²) in [5.74, 6) is -0.401. The highest BCUT2D eigenvalue weighted by Gasteiger charge is 2.44. The van der Waals surface area contributed by atoms with Crippen molar-refractivity contribution in [2.24, 2.45) is 5.73 Å². The van der Waals surface area contributed by atoms with Crippen LogP contribution in [0.5, 0.6) is 5.75 Å². The van der Waals surface area contributed by atoms with Gasteiger partial charge < -0.3 is 10.8 Å². The Morgan fingerprint density at radius 1 is 1.31 bits per heavy atom. The van der Waals surface area contributed by atoms with Crippen molar-refractivity contribution in [1.82, 2.24) is 0 Å². The number of halogens is 4. The molecule has 0 aromatic heterocycles. The van der Waals surface area contributed by atoms with E-state index in [9.17, 15) is 18.3 Å². The SMILES string of the molecule is NC1(c2c(O)cc(C(F)(F)F)cc2Br)CC1. The molecule has 16 heavy (non-hydrogen) atoms. The molecule has 0 amide bonds. The number of aromatic hydroxyl groups is 1. The van der Waals surface area contributed by atoms with E-state index in [1.165, 1.54) is 0 Å². The first-order valence-corrected chi connectivity index (χ1v) is 5.42. The second-order valence-electron chi connectivity index (χ2n) is 4.01. The van der Waals surface area contributed by atoms with Crippen molar-refractivity contribution in [3.63, 3.8) is 0 Å². The lowest BCUT2D eigenvalue weighted by atomic mass is 10.0. The highest BCUT2D eigenvalue weighted by Crippen LogP contribution is 2.50. The maximum atomic E-state index is 12.4. The number of alkyl halides is 3. The smallest absolute Gasteiger partial charge is 0.416 e. The van der Waals surface area contributed by atoms with Crippen LogP contribution in [0.15, 0.2) is 16.6 Å². The molecule has 2 rings (SSSR count). The first-order chi connectivity index (χ1) is 7.24. The molecule has 1 aliphatic rings. The van der Waals surface area contributed by atoms with E-state index in [1.807, 2.05) is 0 Å². The van der Waals surface area contributed by atoms with Crippen molar-refractivity contribution in [3.05, 3.63) is 27.7 Å². The van der Waals surface area contributed by atoms with Crippen molar-refractivity contribution in [1.29, 1.82) is 0 Å². The molecule has 0 aliphatic heterocycles. The second kappa shape index (κ2) is 3.37. The van der Waals surface area contributed by atoms with Crippen molar-refractivity contribution in [2.75, 3.05) is 0 Å². The van der Waals surface area contributed by atoms with Gasteiger partial charge in [-0.2, -0.15) is 13.2 Å². The molecular formula is C10H9BrF3NO. The van der Waals surface area contributed by atoms with Crippen LogP contribution in [0.3, 0.4) is 0 Å². The van der Waals surface area contributed by atoms with Gasteiger partial charge in [0.25, 0.3) is 0 Å². The van der Waals surface area contributed by atoms with Crippen LogP contribution in [0.4, 0.5) is 13.2 Å². The topological polar surface area (TPSA) is 46.2 Å². The van der Waals surface area contributed by atoms with E-state index >= 15 is 0 Å². The Hall–Kier alpha value is -0.750. The summed E-state index contributed by atoms with van der Waals surface area (Å²) < 4.78 is 37.5. The van der Waals surface area contributed by atoms with Gasteiger partial charge in [-0.25, -0.2) is 0 Å². The van der Waals surface area contributed by atoms with Crippen LogP contribution in [0.2, 0.25) is 0 Å². The number of hydrogen-bond acceptors (Lipinski definition) is 2. The molecule has 0 radical (unpaired) electrons. The molecule has 1 aromatic rings. The third kappa shape index (κ3) is 1.91. The zero-order valence-electron chi connectivity index (χ0n) is 8.11. The van der Waals surface area contributed by atoms with Gasteiger partial charge in [0.05, 0.1) is 5.56 Å². The number of phenols is 1. The minimum absolute atomic E-state index is 0.208. The Morgan fingerprint density at radius 3 is 2.25 bits per heavy atom. The molecule has 1 aliphatic carbocycles. The molecule has 2 nitrogen and oxygen atoms in total. The molecule has 0 unspecified atom stereocenters. The van der Waals surface area contributed by atoms with Gasteiger partial charge in [0.1, 0.15) is 5.75 Å². The predicted molar refractivity (Wildman–Crippen MR) is 55.9 cm³/mol. The van der Waals surface area contributed by atoms with E-state index < -0.39 is 23.0 Å². The predicted octanol–water partition coefficient (Wildman–Crippen LogP) is 3.12. The highest BCUT2D eigenvalue weighted by molar-refractivity contribution is 9.10. The number of nitrogens with two attached hydrogens (primary N) is 1. The minimum Gasteiger partial charge on any atom is -0.508 e. The quantitative estimate of drug-likeness (QED) is 0.836. The lowest BCUT2D eigenvalue weighted by Gasteiger charge is -2.16. The summed E-state index contributed by atoms with van der Waals surface area (Å²) in [6.45, 7) is 0. The van der Waals surface area contributed by atoms with Crippen LogP contribution in [-0.2, 0) is 11.7 Å². The molecule has 0 saturated heterocycles. The summed E-state index contributed by atoms with van der Waals surface area (Å²) in [7, 11) is 0. The summed E-state index contributed by atoms with van der Waals surface area (Å²) in [5.41, 5.74) is 4.66. The van der Waals surface area contributed by atoms with Crippen LogP contribution >= 0.6 is 15.9 Å². The fourth-order valence-corrected chi connectivity index (χ4v) is 2.48. The highest BCUT2D eigenvalue weighted by atomic mass is 79.9. The van der Waals surface area contributed by atoms with Crippen molar-refractivity contribution >= 4 is 15.9 Å². The Morgan fingerprint density at radius 2 is 1.88 bits per heavy atom. The average molecular weight is 296 g/mol. The van der Waals surface area contributed by atoms with E-state index in [1.54, 1.807) is 0 Å². The first-order valence-electron chi connectivity index (χ1n) is 4.63. The van der Waals surface area contributed by atoms with Crippen LogP contribution in [0.25, 0.3) is 0 Å². The largest absolute Gasteiger partial charge is 0.508 e. The maximum absolute atomic E-state index is 12.4. The third-order valence-corrected chi connectivity index (χ3v) is 3.31. The van der Waals surface area contributed by atoms with Gasteiger partial charge >= 0.3 is 6.18 Å². The standard InChI is InChI=1S/C10H9BrF3NO/c11-6-3-5(10(12,13)14)4-7(16)8(6)9(15)1-2-9/h3-4,16H,1-2,15H2. The molecule has 1 aromatic carbocycles. The lowest BCUT2D eigenvalue weighted by molar-refractivity contribution is -0.137. The molecule has 0 bridgehead atoms. The van der Waals surface area contributed by atoms with E-state index in [4.69, 9.17) is 5.73 Å². The summed E-state index contributed by atoms with van der Waals surface area (Å²) in [4.78, 5) is 0. The Kier molecular flexibility index (Phi) is 2.47. The molecular weight excluding hydrogens is 287 g/mol. The van der Waals surface area contributed by atoms with Gasteiger partial charge in [0.15, 0.2) is 0 Å². The number of rotatable bonds is 1. The van der Waals surface area contributed by atoms with Gasteiger partial charge in [-0.1, -0.05) is 15.9 Å². The minimum atomic E-state index is -4.47. The molecule has 0 atom stereocenters. The Balaban J connectivity index is 2.52. The Bertz CT molecular complexity index is 417. The van der Waals surface area contributed by atoms with Crippen LogP contribution < -0.4 is 5.73 Å². The molecule has 6 heteroatoms. The first kappa shape index (κ1) is 11.7. The van der Waals surface area contributed by atoms with Crippen molar-refractivity contribution < 1.29 is 18.3 Å². The lowest BCUT2D eigenvalue weighted by Crippen LogP contribution is -2.20. The van der Waals surface area contributed by atoms with Gasteiger partial charge in [-0.05, 0) is 25.0 Å². The van der Waals surface area contributed by atoms with Gasteiger partial charge in [0.2, 0.25) is 0 Å². The van der Waals surface area contributed by atoms with Gasteiger partial charge in [-0.15, -0.1) is 0 Å². The summed E-state index contributed by atoms with van der Waals surface area (Å²) in [6.07, 6.45) is -3.13. The van der Waals surface area contributed by atoms with Crippen molar-refractivity contribution in [2.45, 2.75) is 24.6 Å². The van der Waals surface area contributed by atoms with Crippen LogP contribution in [0.1, 0.15) is 24.0 Å². The van der Waals surface area contributed by atoms with Gasteiger partial charge in [0, 0.05) is 15.6 Å². The molecule has 88 valence electrons. The number of hydrogen-bond donors (Lipinski definition) is 2. The normalized spacial score (nSPS) is 18.6. The molecule has 3 N–H and O–H groups in total. The summed E-state index contributed by atoms with van der Waals surface area (Å²) in [6, 6.07) is 1.66. The molecule has 1 fully saturated rings. The van der Waals surface area contributed by atoms with E-state index in [0.29, 0.717) is 24.5 Å². The van der Waals surface area contributed by atoms with Crippen molar-refractivity contribution in [3.8, 4) is 5.75 Å². The Labute approximate surface area is 98.4 Å². The fourth-order valence-electron chi connectivity index (χ4n) is 1.63. The van der Waals surface area contributed by atoms with Crippen LogP contribution in [-0.4, -0.2) is 5.11 Å². The monoisotopic (exact) mass is 295 g/mol. The van der Waals surface area contributed by atoms with Crippen LogP contribution in [0, 0.1) is 0 Å². The summed E-state index contributed by atoms with van der Waals surface area (Å²) in [5, 5.41) is 9.60. The molecule has 1 saturated carbocycles. The maximum Gasteiger partial charge on any atom is 0.416 e. The van der Waals surface area contributed by atoms with E-state index in [2.05, 4.69) is 15.9 Å². The number of benzene rings is 1. The van der Waals surface area contributed by atoms with E-state index in [-0.39, 0.29) is 4.47 Å². The molecule has 0 spiro atoms. The van der Waals surface area contributed by atoms with E-state index in [0.717, 1.165) is 6.07 Å². The number of phenolic OH excluding ortho intramolecular Hbond substituents is 1. The zero-order chi connectivity index (χ0) is 12.1. The fraction of sp³-hybridized carbons (Fsp3) is 0.400. The third-order valence-electron chi connectivity index (χ3n) is 2.68.